The van der Waals surface area contributed by atoms with Gasteiger partial charge in [0.25, 0.3) is 5.56 Å². The van der Waals surface area contributed by atoms with Crippen molar-refractivity contribution in [1.82, 2.24) is 14.9 Å². The fraction of sp³-hybridized carbons (Fsp3) is 0.524. The number of nitrogens with zero attached hydrogens (tertiary/aromatic N) is 2. The van der Waals surface area contributed by atoms with Crippen LogP contribution in [0.3, 0.4) is 0 Å². The summed E-state index contributed by atoms with van der Waals surface area (Å²) in [5.74, 6) is 3.07. The first kappa shape index (κ1) is 18.0. The standard InChI is InChI=1S/C21H27N3O3/c1-3-26-16-7-8-19(27-4-2)15(11-16)12-24-10-9-17-18(13-24)22-20(14-5-6-14)23-21(17)25/h7-8,11,14H,3-6,9-10,12-13H2,1-2H3,(H,22,23,25). The molecule has 0 radical (unpaired) electrons. The molecule has 1 N–H and O–H groups in total. The molecule has 1 aromatic heterocycles. The third-order valence-electron chi connectivity index (χ3n) is 5.17. The number of hydrogen-bond acceptors (Lipinski definition) is 5. The van der Waals surface area contributed by atoms with Crippen LogP contribution in [0.15, 0.2) is 23.0 Å². The predicted octanol–water partition coefficient (Wildman–Crippen LogP) is 3.00. The topological polar surface area (TPSA) is 67.5 Å². The van der Waals surface area contributed by atoms with E-state index in [1.807, 2.05) is 26.0 Å². The second kappa shape index (κ2) is 7.72. The molecule has 2 aliphatic rings. The summed E-state index contributed by atoms with van der Waals surface area (Å²) in [6.45, 7) is 7.54. The van der Waals surface area contributed by atoms with Gasteiger partial charge in [0.2, 0.25) is 0 Å². The van der Waals surface area contributed by atoms with E-state index < -0.39 is 0 Å². The van der Waals surface area contributed by atoms with Crippen molar-refractivity contribution in [1.29, 1.82) is 0 Å². The molecule has 4 rings (SSSR count). The van der Waals surface area contributed by atoms with Gasteiger partial charge in [0.15, 0.2) is 0 Å². The van der Waals surface area contributed by atoms with Gasteiger partial charge in [-0.05, 0) is 51.3 Å². The average molecular weight is 369 g/mol. The maximum Gasteiger partial charge on any atom is 0.254 e. The van der Waals surface area contributed by atoms with E-state index in [0.717, 1.165) is 66.5 Å². The molecule has 0 unspecified atom stereocenters. The zero-order valence-electron chi connectivity index (χ0n) is 16.1. The summed E-state index contributed by atoms with van der Waals surface area (Å²) < 4.78 is 11.5. The van der Waals surface area contributed by atoms with E-state index in [-0.39, 0.29) is 5.56 Å². The lowest BCUT2D eigenvalue weighted by atomic mass is 10.0. The summed E-state index contributed by atoms with van der Waals surface area (Å²) in [6, 6.07) is 5.99. The molecule has 0 amide bonds. The van der Waals surface area contributed by atoms with Crippen molar-refractivity contribution in [3.8, 4) is 11.5 Å². The monoisotopic (exact) mass is 369 g/mol. The fourth-order valence-electron chi connectivity index (χ4n) is 3.67. The Morgan fingerprint density at radius 3 is 2.78 bits per heavy atom. The van der Waals surface area contributed by atoms with Crippen LogP contribution in [0.1, 0.15) is 55.3 Å². The number of aromatic nitrogens is 2. The summed E-state index contributed by atoms with van der Waals surface area (Å²) >= 11 is 0. The molecule has 144 valence electrons. The molecular weight excluding hydrogens is 342 g/mol. The van der Waals surface area contributed by atoms with Crippen molar-refractivity contribution in [3.05, 3.63) is 51.2 Å². The predicted molar refractivity (Wildman–Crippen MR) is 103 cm³/mol. The van der Waals surface area contributed by atoms with E-state index in [0.29, 0.717) is 25.7 Å². The minimum atomic E-state index is 0.0508. The number of hydrogen-bond donors (Lipinski definition) is 1. The Bertz CT molecular complexity index is 873. The third kappa shape index (κ3) is 4.00. The maximum absolute atomic E-state index is 12.4. The molecule has 6 nitrogen and oxygen atoms in total. The van der Waals surface area contributed by atoms with Gasteiger partial charge in [-0.1, -0.05) is 0 Å². The summed E-state index contributed by atoms with van der Waals surface area (Å²) in [5.41, 5.74) is 2.95. The first-order chi connectivity index (χ1) is 13.2. The van der Waals surface area contributed by atoms with Gasteiger partial charge in [-0.2, -0.15) is 0 Å². The summed E-state index contributed by atoms with van der Waals surface area (Å²) in [6.07, 6.45) is 3.00. The zero-order chi connectivity index (χ0) is 18.8. The van der Waals surface area contributed by atoms with E-state index >= 15 is 0 Å². The molecule has 0 atom stereocenters. The Hall–Kier alpha value is -2.34. The van der Waals surface area contributed by atoms with Crippen LogP contribution in [0.25, 0.3) is 0 Å². The van der Waals surface area contributed by atoms with Gasteiger partial charge in [-0.25, -0.2) is 4.98 Å². The molecule has 0 bridgehead atoms. The molecule has 1 aromatic carbocycles. The second-order valence-corrected chi connectivity index (χ2v) is 7.25. The van der Waals surface area contributed by atoms with E-state index in [2.05, 4.69) is 16.0 Å². The minimum Gasteiger partial charge on any atom is -0.494 e. The highest BCUT2D eigenvalue weighted by Crippen LogP contribution is 2.38. The lowest BCUT2D eigenvalue weighted by Gasteiger charge is -2.28. The Morgan fingerprint density at radius 2 is 2.04 bits per heavy atom. The smallest absolute Gasteiger partial charge is 0.254 e. The molecule has 27 heavy (non-hydrogen) atoms. The Balaban J connectivity index is 1.56. The third-order valence-corrected chi connectivity index (χ3v) is 5.17. The Morgan fingerprint density at radius 1 is 1.22 bits per heavy atom. The number of fused-ring (bicyclic) bond motifs is 1. The maximum atomic E-state index is 12.4. The SMILES string of the molecule is CCOc1ccc(OCC)c(CN2CCc3c(nc(C4CC4)[nH]c3=O)C2)c1. The quantitative estimate of drug-likeness (QED) is 0.813. The van der Waals surface area contributed by atoms with Crippen molar-refractivity contribution in [2.75, 3.05) is 19.8 Å². The largest absolute Gasteiger partial charge is 0.494 e. The molecule has 2 heterocycles. The molecule has 0 spiro atoms. The highest BCUT2D eigenvalue weighted by Gasteiger charge is 2.29. The summed E-state index contributed by atoms with van der Waals surface area (Å²) in [7, 11) is 0. The van der Waals surface area contributed by atoms with Crippen molar-refractivity contribution < 1.29 is 9.47 Å². The van der Waals surface area contributed by atoms with Crippen LogP contribution in [-0.2, 0) is 19.5 Å². The van der Waals surface area contributed by atoms with Crippen LogP contribution in [0, 0.1) is 0 Å². The number of nitrogens with one attached hydrogen (secondary N) is 1. The van der Waals surface area contributed by atoms with Crippen LogP contribution in [0.5, 0.6) is 11.5 Å². The van der Waals surface area contributed by atoms with Crippen molar-refractivity contribution in [2.24, 2.45) is 0 Å². The van der Waals surface area contributed by atoms with Crippen molar-refractivity contribution in [3.63, 3.8) is 0 Å². The highest BCUT2D eigenvalue weighted by atomic mass is 16.5. The van der Waals surface area contributed by atoms with Gasteiger partial charge in [0.1, 0.15) is 17.3 Å². The molecule has 2 aromatic rings. The van der Waals surface area contributed by atoms with E-state index in [1.165, 1.54) is 0 Å². The van der Waals surface area contributed by atoms with Crippen molar-refractivity contribution in [2.45, 2.75) is 52.1 Å². The molecular formula is C21H27N3O3. The Labute approximate surface area is 159 Å². The van der Waals surface area contributed by atoms with Gasteiger partial charge in [-0.3, -0.25) is 9.69 Å². The molecule has 0 saturated heterocycles. The van der Waals surface area contributed by atoms with Crippen LogP contribution in [0.2, 0.25) is 0 Å². The average Bonchev–Trinajstić information content (AvgIpc) is 3.49. The Kier molecular flexibility index (Phi) is 5.16. The number of aromatic amines is 1. The fourth-order valence-corrected chi connectivity index (χ4v) is 3.67. The summed E-state index contributed by atoms with van der Waals surface area (Å²) in [4.78, 5) is 22.5. The highest BCUT2D eigenvalue weighted by molar-refractivity contribution is 5.40. The lowest BCUT2D eigenvalue weighted by Crippen LogP contribution is -2.35. The van der Waals surface area contributed by atoms with Crippen molar-refractivity contribution >= 4 is 0 Å². The van der Waals surface area contributed by atoms with Gasteiger partial charge in [0, 0.05) is 36.7 Å². The molecule has 1 fully saturated rings. The number of rotatable bonds is 7. The van der Waals surface area contributed by atoms with Gasteiger partial charge in [-0.15, -0.1) is 0 Å². The van der Waals surface area contributed by atoms with Crippen LogP contribution in [-0.4, -0.2) is 34.6 Å². The molecule has 6 heteroatoms. The first-order valence-corrected chi connectivity index (χ1v) is 9.90. The van der Waals surface area contributed by atoms with E-state index in [1.54, 1.807) is 0 Å². The normalized spacial score (nSPS) is 16.8. The number of benzene rings is 1. The van der Waals surface area contributed by atoms with Gasteiger partial charge < -0.3 is 14.5 Å². The van der Waals surface area contributed by atoms with Crippen LogP contribution < -0.4 is 15.0 Å². The van der Waals surface area contributed by atoms with E-state index in [9.17, 15) is 4.79 Å². The molecule has 1 aliphatic carbocycles. The minimum absolute atomic E-state index is 0.0508. The van der Waals surface area contributed by atoms with Gasteiger partial charge >= 0.3 is 0 Å². The lowest BCUT2D eigenvalue weighted by molar-refractivity contribution is 0.233. The summed E-state index contributed by atoms with van der Waals surface area (Å²) in [5, 5.41) is 0. The number of H-pyrrole nitrogens is 1. The molecule has 1 saturated carbocycles. The van der Waals surface area contributed by atoms with Gasteiger partial charge in [0.05, 0.1) is 18.9 Å². The zero-order valence-corrected chi connectivity index (χ0v) is 16.1. The number of ether oxygens (including phenoxy) is 2. The molecule has 1 aliphatic heterocycles. The van der Waals surface area contributed by atoms with Crippen LogP contribution >= 0.6 is 0 Å². The first-order valence-electron chi connectivity index (χ1n) is 9.90. The van der Waals surface area contributed by atoms with E-state index in [4.69, 9.17) is 14.5 Å². The second-order valence-electron chi connectivity index (χ2n) is 7.25. The van der Waals surface area contributed by atoms with Crippen LogP contribution in [0.4, 0.5) is 0 Å².